The number of nitrogens with two attached hydrogens (primary N) is 1. The molecule has 5 N–H and O–H groups in total. The number of aromatic nitrogens is 1. The van der Waals surface area contributed by atoms with Gasteiger partial charge in [-0.05, 0) is 35.6 Å². The van der Waals surface area contributed by atoms with Crippen LogP contribution in [0.4, 0.5) is 10.5 Å². The molecule has 0 aliphatic rings. The molecule has 3 amide bonds. The maximum Gasteiger partial charge on any atom is 0.317 e. The van der Waals surface area contributed by atoms with E-state index in [-0.39, 0.29) is 16.6 Å². The number of furan rings is 1. The van der Waals surface area contributed by atoms with Crippen molar-refractivity contribution in [3.63, 3.8) is 0 Å². The molecule has 5 rings (SSSR count). The summed E-state index contributed by atoms with van der Waals surface area (Å²) < 4.78 is 5.90. The van der Waals surface area contributed by atoms with Gasteiger partial charge in [0.1, 0.15) is 22.0 Å². The number of pyridine rings is 1. The van der Waals surface area contributed by atoms with Crippen LogP contribution >= 0.6 is 12.2 Å². The third kappa shape index (κ3) is 4.98. The lowest BCUT2D eigenvalue weighted by Gasteiger charge is -2.11. The molecule has 0 fully saturated rings. The van der Waals surface area contributed by atoms with Crippen LogP contribution in [0.15, 0.2) is 83.4 Å². The second-order valence-corrected chi connectivity index (χ2v) is 8.81. The van der Waals surface area contributed by atoms with Crippen LogP contribution in [0.2, 0.25) is 0 Å². The molecule has 37 heavy (non-hydrogen) atoms. The third-order valence-electron chi connectivity index (χ3n) is 5.99. The number of nitrogens with one attached hydrogen (secondary N) is 2. The molecule has 8 nitrogen and oxygen atoms in total. The lowest BCUT2D eigenvalue weighted by Crippen LogP contribution is -2.34. The Morgan fingerprint density at radius 3 is 2.54 bits per heavy atom. The van der Waals surface area contributed by atoms with E-state index in [1.165, 1.54) is 0 Å². The van der Waals surface area contributed by atoms with Crippen molar-refractivity contribution in [3.05, 3.63) is 102 Å². The number of hydrogen-bond acceptors (Lipinski definition) is 6. The number of carbonyl (C=O) groups is 2. The molecule has 9 heteroatoms. The number of aryl methyl sites for hydroxylation is 2. The van der Waals surface area contributed by atoms with Gasteiger partial charge in [0, 0.05) is 29.3 Å². The van der Waals surface area contributed by atoms with E-state index in [0.717, 1.165) is 16.3 Å². The van der Waals surface area contributed by atoms with Crippen molar-refractivity contribution in [1.82, 2.24) is 10.3 Å². The number of fused-ring (bicyclic) bond motifs is 2. The third-order valence-corrected chi connectivity index (χ3v) is 6.31. The van der Waals surface area contributed by atoms with Crippen LogP contribution in [0.5, 0.6) is 5.75 Å². The number of amides is 3. The van der Waals surface area contributed by atoms with E-state index in [9.17, 15) is 14.7 Å². The molecule has 0 bridgehead atoms. The van der Waals surface area contributed by atoms with E-state index < -0.39 is 6.03 Å². The first-order chi connectivity index (χ1) is 17.9. The summed E-state index contributed by atoms with van der Waals surface area (Å²) in [5, 5.41) is 18.5. The number of urea groups is 1. The van der Waals surface area contributed by atoms with Crippen LogP contribution in [0.25, 0.3) is 21.7 Å². The summed E-state index contributed by atoms with van der Waals surface area (Å²) in [6.07, 6.45) is 2.52. The highest BCUT2D eigenvalue weighted by atomic mass is 32.1. The normalized spacial score (nSPS) is 10.9. The Kier molecular flexibility index (Phi) is 6.53. The van der Waals surface area contributed by atoms with Gasteiger partial charge < -0.3 is 20.6 Å². The number of primary amides is 1. The summed E-state index contributed by atoms with van der Waals surface area (Å²) in [6, 6.07) is 21.2. The number of para-hydroxylation sites is 1. The van der Waals surface area contributed by atoms with Crippen LogP contribution in [-0.2, 0) is 12.8 Å². The molecule has 3 aromatic carbocycles. The second-order valence-electron chi connectivity index (χ2n) is 8.40. The molecule has 0 saturated heterocycles. The predicted octanol–water partition coefficient (Wildman–Crippen LogP) is 5.07. The quantitative estimate of drug-likeness (QED) is 0.236. The number of carbonyl (C=O) groups excluding carboxylic acids is 2. The maximum absolute atomic E-state index is 13.0. The van der Waals surface area contributed by atoms with Crippen LogP contribution in [0.3, 0.4) is 0 Å². The molecule has 2 heterocycles. The average Bonchev–Trinajstić information content (AvgIpc) is 3.22. The smallest absolute Gasteiger partial charge is 0.317 e. The average molecular weight is 511 g/mol. The fraction of sp³-hybridized carbons (Fsp3) is 0.0714. The minimum absolute atomic E-state index is 0.0545. The largest absolute Gasteiger partial charge is 0.504 e. The zero-order chi connectivity index (χ0) is 25.9. The van der Waals surface area contributed by atoms with E-state index in [2.05, 4.69) is 15.6 Å². The lowest BCUT2D eigenvalue weighted by molar-refractivity contribution is 0.102. The van der Waals surface area contributed by atoms with Gasteiger partial charge in [-0.15, -0.1) is 0 Å². The first-order valence-corrected chi connectivity index (χ1v) is 11.9. The number of hydrogen-bond donors (Lipinski definition) is 4. The van der Waals surface area contributed by atoms with Crippen LogP contribution < -0.4 is 16.4 Å². The molecule has 0 radical (unpaired) electrons. The van der Waals surface area contributed by atoms with Crippen LogP contribution in [-0.4, -0.2) is 27.0 Å². The number of rotatable bonds is 6. The fourth-order valence-electron chi connectivity index (χ4n) is 4.22. The summed E-state index contributed by atoms with van der Waals surface area (Å²) in [7, 11) is 0. The van der Waals surface area contributed by atoms with E-state index >= 15 is 0 Å². The van der Waals surface area contributed by atoms with Gasteiger partial charge in [-0.25, -0.2) is 4.79 Å². The SMILES string of the molecule is NC(=O)NC(=S)c1cccc2oc(CCc3ccccc3NC(=O)c3cc4ccccc4cn3)c(O)c12. The number of benzene rings is 3. The van der Waals surface area contributed by atoms with E-state index in [4.69, 9.17) is 22.4 Å². The number of anilines is 1. The van der Waals surface area contributed by atoms with Crippen LogP contribution in [0, 0.1) is 0 Å². The maximum atomic E-state index is 13.0. The van der Waals surface area contributed by atoms with Crippen LogP contribution in [0.1, 0.15) is 27.4 Å². The van der Waals surface area contributed by atoms with Gasteiger partial charge in [-0.2, -0.15) is 0 Å². The highest BCUT2D eigenvalue weighted by Gasteiger charge is 2.20. The summed E-state index contributed by atoms with van der Waals surface area (Å²) in [5.74, 6) is -0.00681. The lowest BCUT2D eigenvalue weighted by atomic mass is 10.0. The van der Waals surface area contributed by atoms with Gasteiger partial charge in [0.05, 0.1) is 5.39 Å². The molecule has 2 aromatic heterocycles. The Morgan fingerprint density at radius 2 is 1.73 bits per heavy atom. The predicted molar refractivity (Wildman–Crippen MR) is 146 cm³/mol. The Bertz CT molecular complexity index is 1680. The Labute approximate surface area is 217 Å². The summed E-state index contributed by atoms with van der Waals surface area (Å²) >= 11 is 5.25. The minimum atomic E-state index is -0.789. The highest BCUT2D eigenvalue weighted by molar-refractivity contribution is 7.80. The molecule has 0 spiro atoms. The minimum Gasteiger partial charge on any atom is -0.504 e. The molecule has 0 saturated carbocycles. The number of aromatic hydroxyl groups is 1. The Balaban J connectivity index is 1.36. The van der Waals surface area contributed by atoms with Gasteiger partial charge in [-0.1, -0.05) is 66.8 Å². The molecular weight excluding hydrogens is 488 g/mol. The first-order valence-electron chi connectivity index (χ1n) is 11.5. The number of thiocarbonyl (C=S) groups is 1. The van der Waals surface area contributed by atoms with Crippen molar-refractivity contribution < 1.29 is 19.1 Å². The van der Waals surface area contributed by atoms with Crippen molar-refractivity contribution in [1.29, 1.82) is 0 Å². The molecule has 0 unspecified atom stereocenters. The molecule has 0 atom stereocenters. The van der Waals surface area contributed by atoms with Crippen molar-refractivity contribution in [2.75, 3.05) is 5.32 Å². The molecule has 0 aliphatic heterocycles. The van der Waals surface area contributed by atoms with Crippen molar-refractivity contribution >= 4 is 56.6 Å². The van der Waals surface area contributed by atoms with Gasteiger partial charge in [-0.3, -0.25) is 15.1 Å². The Morgan fingerprint density at radius 1 is 0.973 bits per heavy atom. The topological polar surface area (TPSA) is 130 Å². The summed E-state index contributed by atoms with van der Waals surface area (Å²) in [4.78, 5) is 28.6. The van der Waals surface area contributed by atoms with E-state index in [1.54, 1.807) is 30.5 Å². The van der Waals surface area contributed by atoms with Crippen molar-refractivity contribution in [2.45, 2.75) is 12.8 Å². The number of nitrogens with zero attached hydrogens (tertiary/aromatic N) is 1. The fourth-order valence-corrected chi connectivity index (χ4v) is 4.49. The monoisotopic (exact) mass is 510 g/mol. The first kappa shape index (κ1) is 24.0. The van der Waals surface area contributed by atoms with Crippen molar-refractivity contribution in [3.8, 4) is 5.75 Å². The summed E-state index contributed by atoms with van der Waals surface area (Å²) in [6.45, 7) is 0. The Hall–Kier alpha value is -4.76. The second kappa shape index (κ2) is 10.1. The molecular formula is C28H22N4O4S. The van der Waals surface area contributed by atoms with Gasteiger partial charge >= 0.3 is 6.03 Å². The standard InChI is InChI=1S/C28H22N4O4S/c29-28(35)32-27(37)19-9-5-11-22-24(19)25(33)23(36-22)13-12-16-6-3-4-10-20(16)31-26(34)21-14-17-7-1-2-8-18(17)15-30-21/h1-11,14-15,33H,12-13H2,(H,31,34)(H3,29,32,35,37). The van der Waals surface area contributed by atoms with Gasteiger partial charge in [0.2, 0.25) is 0 Å². The molecule has 5 aromatic rings. The van der Waals surface area contributed by atoms with Gasteiger partial charge in [0.25, 0.3) is 5.91 Å². The molecule has 184 valence electrons. The zero-order valence-corrected chi connectivity index (χ0v) is 20.3. The van der Waals surface area contributed by atoms with Gasteiger partial charge in [0.15, 0.2) is 5.75 Å². The zero-order valence-electron chi connectivity index (χ0n) is 19.5. The molecule has 0 aliphatic carbocycles. The van der Waals surface area contributed by atoms with Crippen molar-refractivity contribution in [2.24, 2.45) is 5.73 Å². The highest BCUT2D eigenvalue weighted by Crippen LogP contribution is 2.36. The summed E-state index contributed by atoms with van der Waals surface area (Å²) in [5.41, 5.74) is 7.88. The van der Waals surface area contributed by atoms with E-state index in [0.29, 0.717) is 46.5 Å². The van der Waals surface area contributed by atoms with E-state index in [1.807, 2.05) is 48.5 Å².